The van der Waals surface area contributed by atoms with Crippen LogP contribution in [0.25, 0.3) is 0 Å². The SMILES string of the molecule is Nc1c(NCc2ccc3c(c2)OCO3)ncnc1Nc1ccc2c(c1)OCO2. The molecule has 2 aliphatic heterocycles. The third-order valence-electron chi connectivity index (χ3n) is 4.42. The van der Waals surface area contributed by atoms with E-state index in [2.05, 4.69) is 20.6 Å². The lowest BCUT2D eigenvalue weighted by molar-refractivity contribution is 0.173. The largest absolute Gasteiger partial charge is 0.454 e. The summed E-state index contributed by atoms with van der Waals surface area (Å²) in [4.78, 5) is 8.47. The highest BCUT2D eigenvalue weighted by Crippen LogP contribution is 2.36. The molecule has 0 saturated carbocycles. The standard InChI is InChI=1S/C19H17N5O4/c20-17-18(21-7-11-1-3-13-15(5-11)27-9-25-13)22-8-23-19(17)24-12-2-4-14-16(6-12)28-10-26-14/h1-6,8H,7,9-10,20H2,(H2,21,22,23,24). The highest BCUT2D eigenvalue weighted by Gasteiger charge is 2.16. The Balaban J connectivity index is 1.31. The van der Waals surface area contributed by atoms with Crippen LogP contribution in [0.1, 0.15) is 5.56 Å². The molecule has 1 aromatic heterocycles. The van der Waals surface area contributed by atoms with Crippen molar-refractivity contribution in [1.82, 2.24) is 9.97 Å². The van der Waals surface area contributed by atoms with E-state index in [1.165, 1.54) is 6.33 Å². The van der Waals surface area contributed by atoms with Gasteiger partial charge in [-0.15, -0.1) is 0 Å². The van der Waals surface area contributed by atoms with Crippen LogP contribution in [0.4, 0.5) is 23.0 Å². The molecule has 28 heavy (non-hydrogen) atoms. The second-order valence-electron chi connectivity index (χ2n) is 6.22. The molecule has 0 radical (unpaired) electrons. The number of aromatic nitrogens is 2. The summed E-state index contributed by atoms with van der Waals surface area (Å²) in [5, 5.41) is 6.42. The molecule has 9 nitrogen and oxygen atoms in total. The Bertz CT molecular complexity index is 1040. The van der Waals surface area contributed by atoms with Crippen LogP contribution in [0.15, 0.2) is 42.7 Å². The van der Waals surface area contributed by atoms with Gasteiger partial charge in [-0.2, -0.15) is 0 Å². The van der Waals surface area contributed by atoms with Crippen LogP contribution in [0.2, 0.25) is 0 Å². The van der Waals surface area contributed by atoms with E-state index in [0.29, 0.717) is 35.4 Å². The smallest absolute Gasteiger partial charge is 0.231 e. The molecule has 3 aromatic rings. The van der Waals surface area contributed by atoms with Crippen LogP contribution in [0.3, 0.4) is 0 Å². The summed E-state index contributed by atoms with van der Waals surface area (Å²) in [5.41, 5.74) is 8.47. The van der Waals surface area contributed by atoms with Gasteiger partial charge in [-0.1, -0.05) is 6.07 Å². The molecule has 0 aliphatic carbocycles. The van der Waals surface area contributed by atoms with Gasteiger partial charge in [0.1, 0.15) is 12.0 Å². The highest BCUT2D eigenvalue weighted by molar-refractivity contribution is 5.78. The molecular formula is C19H17N5O4. The molecule has 142 valence electrons. The molecule has 4 N–H and O–H groups in total. The summed E-state index contributed by atoms with van der Waals surface area (Å²) < 4.78 is 21.4. The topological polar surface area (TPSA) is 113 Å². The highest BCUT2D eigenvalue weighted by atomic mass is 16.7. The maximum Gasteiger partial charge on any atom is 0.231 e. The second-order valence-corrected chi connectivity index (χ2v) is 6.22. The van der Waals surface area contributed by atoms with Crippen LogP contribution in [0.5, 0.6) is 23.0 Å². The number of anilines is 4. The number of benzene rings is 2. The van der Waals surface area contributed by atoms with E-state index in [0.717, 1.165) is 22.7 Å². The van der Waals surface area contributed by atoms with Crippen LogP contribution in [0, 0.1) is 0 Å². The molecule has 2 aromatic carbocycles. The van der Waals surface area contributed by atoms with Crippen molar-refractivity contribution in [3.8, 4) is 23.0 Å². The molecule has 5 rings (SSSR count). The number of hydrogen-bond donors (Lipinski definition) is 3. The van der Waals surface area contributed by atoms with Gasteiger partial charge in [-0.25, -0.2) is 9.97 Å². The van der Waals surface area contributed by atoms with Crippen molar-refractivity contribution in [3.63, 3.8) is 0 Å². The number of hydrogen-bond acceptors (Lipinski definition) is 9. The van der Waals surface area contributed by atoms with Gasteiger partial charge in [0.25, 0.3) is 0 Å². The van der Waals surface area contributed by atoms with E-state index >= 15 is 0 Å². The minimum atomic E-state index is 0.225. The molecular weight excluding hydrogens is 362 g/mol. The van der Waals surface area contributed by atoms with Crippen LogP contribution in [-0.2, 0) is 6.54 Å². The first-order valence-corrected chi connectivity index (χ1v) is 8.66. The van der Waals surface area contributed by atoms with Crippen LogP contribution < -0.4 is 35.3 Å². The third-order valence-corrected chi connectivity index (χ3v) is 4.42. The zero-order chi connectivity index (χ0) is 18.9. The van der Waals surface area contributed by atoms with E-state index in [4.69, 9.17) is 24.7 Å². The number of ether oxygens (including phenoxy) is 4. The van der Waals surface area contributed by atoms with Gasteiger partial charge >= 0.3 is 0 Å². The van der Waals surface area contributed by atoms with Gasteiger partial charge < -0.3 is 35.3 Å². The van der Waals surface area contributed by atoms with Gasteiger partial charge in [0.15, 0.2) is 34.6 Å². The van der Waals surface area contributed by atoms with Gasteiger partial charge in [0.2, 0.25) is 13.6 Å². The van der Waals surface area contributed by atoms with E-state index in [1.54, 1.807) is 0 Å². The number of fused-ring (bicyclic) bond motifs is 2. The van der Waals surface area contributed by atoms with Crippen molar-refractivity contribution in [2.24, 2.45) is 0 Å². The molecule has 2 aliphatic rings. The lowest BCUT2D eigenvalue weighted by Gasteiger charge is -2.13. The average molecular weight is 379 g/mol. The van der Waals surface area contributed by atoms with Crippen molar-refractivity contribution in [2.75, 3.05) is 30.0 Å². The van der Waals surface area contributed by atoms with Gasteiger partial charge in [-0.3, -0.25) is 0 Å². The van der Waals surface area contributed by atoms with Crippen molar-refractivity contribution < 1.29 is 18.9 Å². The summed E-state index contributed by atoms with van der Waals surface area (Å²) in [5.74, 6) is 3.92. The summed E-state index contributed by atoms with van der Waals surface area (Å²) in [6.45, 7) is 1.00. The number of nitrogens with two attached hydrogens (primary N) is 1. The van der Waals surface area contributed by atoms with E-state index in [9.17, 15) is 0 Å². The number of nitrogens with zero attached hydrogens (tertiary/aromatic N) is 2. The quantitative estimate of drug-likeness (QED) is 0.616. The number of nitrogen functional groups attached to an aromatic ring is 1. The fourth-order valence-electron chi connectivity index (χ4n) is 2.98. The van der Waals surface area contributed by atoms with Crippen LogP contribution in [-0.4, -0.2) is 23.6 Å². The summed E-state index contributed by atoms with van der Waals surface area (Å²) in [7, 11) is 0. The third kappa shape index (κ3) is 3.02. The van der Waals surface area contributed by atoms with Gasteiger partial charge in [0.05, 0.1) is 0 Å². The van der Waals surface area contributed by atoms with E-state index in [1.807, 2.05) is 36.4 Å². The molecule has 0 unspecified atom stereocenters. The molecule has 0 fully saturated rings. The molecule has 9 heteroatoms. The Kier molecular flexibility index (Phi) is 3.90. The molecule has 0 atom stereocenters. The van der Waals surface area contributed by atoms with Crippen molar-refractivity contribution in [2.45, 2.75) is 6.54 Å². The lowest BCUT2D eigenvalue weighted by Crippen LogP contribution is -2.08. The number of nitrogens with one attached hydrogen (secondary N) is 2. The first-order chi connectivity index (χ1) is 13.8. The van der Waals surface area contributed by atoms with E-state index in [-0.39, 0.29) is 13.6 Å². The second kappa shape index (κ2) is 6.69. The lowest BCUT2D eigenvalue weighted by atomic mass is 10.2. The van der Waals surface area contributed by atoms with Crippen LogP contribution >= 0.6 is 0 Å². The average Bonchev–Trinajstić information content (AvgIpc) is 3.36. The predicted molar refractivity (Wildman–Crippen MR) is 102 cm³/mol. The normalized spacial score (nSPS) is 13.4. The van der Waals surface area contributed by atoms with Crippen molar-refractivity contribution in [1.29, 1.82) is 0 Å². The Morgan fingerprint density at radius 1 is 0.821 bits per heavy atom. The Morgan fingerprint density at radius 2 is 1.50 bits per heavy atom. The predicted octanol–water partition coefficient (Wildman–Crippen LogP) is 2.87. The minimum Gasteiger partial charge on any atom is -0.454 e. The first-order valence-electron chi connectivity index (χ1n) is 8.66. The zero-order valence-electron chi connectivity index (χ0n) is 14.8. The molecule has 0 saturated heterocycles. The zero-order valence-corrected chi connectivity index (χ0v) is 14.8. The van der Waals surface area contributed by atoms with Crippen molar-refractivity contribution in [3.05, 3.63) is 48.3 Å². The monoisotopic (exact) mass is 379 g/mol. The maximum atomic E-state index is 6.25. The molecule has 3 heterocycles. The first kappa shape index (κ1) is 16.3. The molecule has 0 bridgehead atoms. The summed E-state index contributed by atoms with van der Waals surface area (Å²) in [6.07, 6.45) is 1.45. The molecule has 0 spiro atoms. The fourth-order valence-corrected chi connectivity index (χ4v) is 2.98. The molecule has 0 amide bonds. The Labute approximate surface area is 160 Å². The maximum absolute atomic E-state index is 6.25. The summed E-state index contributed by atoms with van der Waals surface area (Å²) in [6, 6.07) is 11.3. The fraction of sp³-hybridized carbons (Fsp3) is 0.158. The minimum absolute atomic E-state index is 0.225. The Morgan fingerprint density at radius 3 is 2.32 bits per heavy atom. The number of rotatable bonds is 5. The van der Waals surface area contributed by atoms with Crippen molar-refractivity contribution >= 4 is 23.0 Å². The van der Waals surface area contributed by atoms with E-state index < -0.39 is 0 Å². The summed E-state index contributed by atoms with van der Waals surface area (Å²) >= 11 is 0. The Hall–Kier alpha value is -3.88. The van der Waals surface area contributed by atoms with Gasteiger partial charge in [0, 0.05) is 18.3 Å². The van der Waals surface area contributed by atoms with Gasteiger partial charge in [-0.05, 0) is 29.8 Å².